The van der Waals surface area contributed by atoms with Gasteiger partial charge in [-0.1, -0.05) is 18.2 Å². The summed E-state index contributed by atoms with van der Waals surface area (Å²) in [5, 5.41) is 2.56. The smallest absolute Gasteiger partial charge is 0.240 e. The molecule has 1 saturated heterocycles. The Labute approximate surface area is 161 Å². The molecule has 7 heteroatoms. The van der Waals surface area contributed by atoms with Crippen molar-refractivity contribution in [2.24, 2.45) is 5.41 Å². The Morgan fingerprint density at radius 2 is 1.57 bits per heavy atom. The Kier molecular flexibility index (Phi) is 4.75. The molecule has 4 rings (SSSR count). The van der Waals surface area contributed by atoms with Crippen LogP contribution in [0.15, 0.2) is 48.5 Å². The zero-order valence-electron chi connectivity index (χ0n) is 15.3. The van der Waals surface area contributed by atoms with Crippen molar-refractivity contribution in [3.05, 3.63) is 60.2 Å². The van der Waals surface area contributed by atoms with Gasteiger partial charge in [0.25, 0.3) is 0 Å². The van der Waals surface area contributed by atoms with Gasteiger partial charge < -0.3 is 15.1 Å². The summed E-state index contributed by atoms with van der Waals surface area (Å²) in [5.74, 6) is -2.65. The summed E-state index contributed by atoms with van der Waals surface area (Å²) in [6.07, 6.45) is 0.945. The van der Waals surface area contributed by atoms with E-state index in [2.05, 4.69) is 10.2 Å². The van der Waals surface area contributed by atoms with Crippen LogP contribution in [0, 0.1) is 17.0 Å². The number of carbonyl (C=O) groups excluding carboxylic acids is 2. The number of carbonyl (C=O) groups is 2. The van der Waals surface area contributed by atoms with Crippen LogP contribution >= 0.6 is 0 Å². The summed E-state index contributed by atoms with van der Waals surface area (Å²) in [5.41, 5.74) is 0.184. The van der Waals surface area contributed by atoms with Gasteiger partial charge in [-0.05, 0) is 37.1 Å². The molecule has 1 heterocycles. The summed E-state index contributed by atoms with van der Waals surface area (Å²) in [4.78, 5) is 29.6. The average Bonchev–Trinajstić information content (AvgIpc) is 3.53. The molecule has 2 aromatic rings. The normalized spacial score (nSPS) is 17.9. The van der Waals surface area contributed by atoms with Gasteiger partial charge in [-0.3, -0.25) is 9.59 Å². The first-order valence-corrected chi connectivity index (χ1v) is 9.35. The molecule has 0 aromatic heterocycles. The largest absolute Gasteiger partial charge is 0.368 e. The highest BCUT2D eigenvalue weighted by molar-refractivity contribution is 6.13. The fourth-order valence-corrected chi connectivity index (χ4v) is 3.60. The highest BCUT2D eigenvalue weighted by atomic mass is 19.2. The second kappa shape index (κ2) is 7.22. The minimum absolute atomic E-state index is 0.150. The fraction of sp³-hybridized carbons (Fsp3) is 0.333. The van der Waals surface area contributed by atoms with Gasteiger partial charge in [-0.2, -0.15) is 0 Å². The van der Waals surface area contributed by atoms with Crippen molar-refractivity contribution in [3.8, 4) is 0 Å². The van der Waals surface area contributed by atoms with Crippen LogP contribution in [0.5, 0.6) is 0 Å². The van der Waals surface area contributed by atoms with Gasteiger partial charge in [0.05, 0.1) is 0 Å². The minimum atomic E-state index is -1.08. The van der Waals surface area contributed by atoms with Gasteiger partial charge in [-0.15, -0.1) is 0 Å². The lowest BCUT2D eigenvalue weighted by Gasteiger charge is -2.37. The molecule has 0 radical (unpaired) electrons. The molecule has 2 aromatic carbocycles. The molecule has 0 spiro atoms. The monoisotopic (exact) mass is 385 g/mol. The quantitative estimate of drug-likeness (QED) is 0.824. The van der Waals surface area contributed by atoms with Crippen LogP contribution in [0.2, 0.25) is 0 Å². The van der Waals surface area contributed by atoms with Crippen LogP contribution in [0.1, 0.15) is 12.8 Å². The average molecular weight is 385 g/mol. The Morgan fingerprint density at radius 1 is 0.893 bits per heavy atom. The Balaban J connectivity index is 1.39. The van der Waals surface area contributed by atoms with Gasteiger partial charge in [0.15, 0.2) is 11.6 Å². The summed E-state index contributed by atoms with van der Waals surface area (Å²) in [7, 11) is 0. The van der Waals surface area contributed by atoms with Crippen LogP contribution in [0.3, 0.4) is 0 Å². The van der Waals surface area contributed by atoms with Gasteiger partial charge in [0.1, 0.15) is 5.41 Å². The number of nitrogens with zero attached hydrogens (tertiary/aromatic N) is 2. The number of para-hydroxylation sites is 1. The number of rotatable bonds is 4. The van der Waals surface area contributed by atoms with E-state index in [1.165, 1.54) is 6.07 Å². The second-order valence-electron chi connectivity index (χ2n) is 7.28. The Morgan fingerprint density at radius 3 is 2.18 bits per heavy atom. The van der Waals surface area contributed by atoms with E-state index in [4.69, 9.17) is 0 Å². The predicted molar refractivity (Wildman–Crippen MR) is 102 cm³/mol. The van der Waals surface area contributed by atoms with Crippen molar-refractivity contribution in [1.29, 1.82) is 0 Å². The molecule has 146 valence electrons. The van der Waals surface area contributed by atoms with Crippen molar-refractivity contribution in [2.75, 3.05) is 36.4 Å². The summed E-state index contributed by atoms with van der Waals surface area (Å²) in [6.45, 7) is 2.51. The maximum Gasteiger partial charge on any atom is 0.240 e. The van der Waals surface area contributed by atoms with E-state index >= 15 is 0 Å². The minimum Gasteiger partial charge on any atom is -0.368 e. The molecular weight excluding hydrogens is 364 g/mol. The molecule has 0 unspecified atom stereocenters. The van der Waals surface area contributed by atoms with E-state index in [1.807, 2.05) is 30.3 Å². The predicted octanol–water partition coefficient (Wildman–Crippen LogP) is 3.03. The van der Waals surface area contributed by atoms with E-state index < -0.39 is 23.0 Å². The zero-order chi connectivity index (χ0) is 19.7. The third-order valence-electron chi connectivity index (χ3n) is 5.46. The van der Waals surface area contributed by atoms with Crippen molar-refractivity contribution in [3.63, 3.8) is 0 Å². The fourth-order valence-electron chi connectivity index (χ4n) is 3.60. The van der Waals surface area contributed by atoms with Gasteiger partial charge in [-0.25, -0.2) is 8.78 Å². The molecular formula is C21H21F2N3O2. The summed E-state index contributed by atoms with van der Waals surface area (Å²) >= 11 is 0. The number of anilines is 2. The SMILES string of the molecule is O=C(Nc1ccc(F)c(F)c1)C1(C(=O)N2CCN(c3ccccc3)CC2)CC1. The van der Waals surface area contributed by atoms with Crippen molar-refractivity contribution >= 4 is 23.2 Å². The number of hydrogen-bond donors (Lipinski definition) is 1. The topological polar surface area (TPSA) is 52.7 Å². The molecule has 5 nitrogen and oxygen atoms in total. The maximum atomic E-state index is 13.4. The summed E-state index contributed by atoms with van der Waals surface area (Å²) in [6, 6.07) is 13.2. The standard InChI is InChI=1S/C21H21F2N3O2/c22-17-7-6-15(14-18(17)23)24-19(27)21(8-9-21)20(28)26-12-10-25(11-13-26)16-4-2-1-3-5-16/h1-7,14H,8-13H2,(H,24,27). The van der Waals surface area contributed by atoms with Crippen molar-refractivity contribution in [1.82, 2.24) is 4.90 Å². The highest BCUT2D eigenvalue weighted by Crippen LogP contribution is 2.48. The van der Waals surface area contributed by atoms with E-state index in [0.29, 0.717) is 39.0 Å². The first-order valence-electron chi connectivity index (χ1n) is 9.35. The number of nitrogens with one attached hydrogen (secondary N) is 1. The van der Waals surface area contributed by atoms with Gasteiger partial charge in [0, 0.05) is 43.6 Å². The van der Waals surface area contributed by atoms with Crippen molar-refractivity contribution < 1.29 is 18.4 Å². The van der Waals surface area contributed by atoms with Crippen LogP contribution in [0.25, 0.3) is 0 Å². The zero-order valence-corrected chi connectivity index (χ0v) is 15.3. The molecule has 2 aliphatic rings. The summed E-state index contributed by atoms with van der Waals surface area (Å²) < 4.78 is 26.4. The van der Waals surface area contributed by atoms with Crippen LogP contribution < -0.4 is 10.2 Å². The molecule has 1 N–H and O–H groups in total. The molecule has 1 aliphatic carbocycles. The molecule has 0 bridgehead atoms. The Bertz CT molecular complexity index is 892. The molecule has 0 atom stereocenters. The highest BCUT2D eigenvalue weighted by Gasteiger charge is 2.58. The first-order chi connectivity index (χ1) is 13.5. The molecule has 1 saturated carbocycles. The lowest BCUT2D eigenvalue weighted by atomic mass is 10.0. The van der Waals surface area contributed by atoms with Gasteiger partial charge >= 0.3 is 0 Å². The lowest BCUT2D eigenvalue weighted by molar-refractivity contribution is -0.142. The molecule has 1 aliphatic heterocycles. The van der Waals surface area contributed by atoms with E-state index in [9.17, 15) is 18.4 Å². The maximum absolute atomic E-state index is 13.4. The Hall–Kier alpha value is -2.96. The van der Waals surface area contributed by atoms with Gasteiger partial charge in [0.2, 0.25) is 11.8 Å². The number of hydrogen-bond acceptors (Lipinski definition) is 3. The van der Waals surface area contributed by atoms with Crippen LogP contribution in [-0.4, -0.2) is 42.9 Å². The van der Waals surface area contributed by atoms with E-state index in [-0.39, 0.29) is 11.6 Å². The third kappa shape index (κ3) is 3.44. The molecule has 2 fully saturated rings. The first kappa shape index (κ1) is 18.4. The number of halogens is 2. The second-order valence-corrected chi connectivity index (χ2v) is 7.28. The lowest BCUT2D eigenvalue weighted by Crippen LogP contribution is -2.52. The van der Waals surface area contributed by atoms with Crippen LogP contribution in [-0.2, 0) is 9.59 Å². The molecule has 28 heavy (non-hydrogen) atoms. The molecule has 2 amide bonds. The number of benzene rings is 2. The van der Waals surface area contributed by atoms with Crippen molar-refractivity contribution in [2.45, 2.75) is 12.8 Å². The third-order valence-corrected chi connectivity index (χ3v) is 5.46. The van der Waals surface area contributed by atoms with E-state index in [1.54, 1.807) is 4.90 Å². The van der Waals surface area contributed by atoms with E-state index in [0.717, 1.165) is 17.8 Å². The number of piperazine rings is 1. The number of amides is 2. The van der Waals surface area contributed by atoms with Crippen LogP contribution in [0.4, 0.5) is 20.2 Å².